The number of rotatable bonds is 2. The molecule has 2 aromatic carbocycles. The highest BCUT2D eigenvalue weighted by Gasteiger charge is 2.11. The van der Waals surface area contributed by atoms with Crippen LogP contribution < -0.4 is 5.56 Å². The van der Waals surface area contributed by atoms with Crippen molar-refractivity contribution >= 4 is 23.2 Å². The van der Waals surface area contributed by atoms with Gasteiger partial charge in [0.1, 0.15) is 0 Å². The molecular formula is C17H12Cl2N2O. The number of hydrogen-bond donors (Lipinski definition) is 1. The maximum absolute atomic E-state index is 11.2. The van der Waals surface area contributed by atoms with E-state index in [1.807, 2.05) is 37.3 Å². The number of aromatic nitrogens is 2. The van der Waals surface area contributed by atoms with Gasteiger partial charge in [-0.05, 0) is 42.3 Å². The van der Waals surface area contributed by atoms with Gasteiger partial charge in [0, 0.05) is 21.7 Å². The van der Waals surface area contributed by atoms with E-state index in [-0.39, 0.29) is 5.56 Å². The van der Waals surface area contributed by atoms with E-state index < -0.39 is 0 Å². The smallest absolute Gasteiger partial charge is 0.264 e. The Morgan fingerprint density at radius 1 is 0.909 bits per heavy atom. The van der Waals surface area contributed by atoms with E-state index in [1.165, 1.54) is 6.07 Å². The molecule has 0 aliphatic rings. The van der Waals surface area contributed by atoms with Crippen LogP contribution in [-0.4, -0.2) is 10.2 Å². The van der Waals surface area contributed by atoms with Crippen LogP contribution in [0.2, 0.25) is 10.0 Å². The fourth-order valence-electron chi connectivity index (χ4n) is 2.32. The summed E-state index contributed by atoms with van der Waals surface area (Å²) in [6.07, 6.45) is 0. The van der Waals surface area contributed by atoms with E-state index in [0.29, 0.717) is 15.7 Å². The zero-order valence-corrected chi connectivity index (χ0v) is 13.2. The van der Waals surface area contributed by atoms with Crippen molar-refractivity contribution in [3.63, 3.8) is 0 Å². The molecule has 0 spiro atoms. The first-order valence-electron chi connectivity index (χ1n) is 6.66. The first-order valence-corrected chi connectivity index (χ1v) is 7.42. The van der Waals surface area contributed by atoms with E-state index >= 15 is 0 Å². The lowest BCUT2D eigenvalue weighted by Gasteiger charge is -2.11. The average Bonchev–Trinajstić information content (AvgIpc) is 2.47. The highest BCUT2D eigenvalue weighted by molar-refractivity contribution is 6.35. The standard InChI is InChI=1S/C17H12Cl2N2O/c1-10-2-3-14(16-4-5-17(22)21-20-16)15(6-10)11-7-12(18)9-13(19)8-11/h2-9H,1H3,(H,21,22). The molecule has 0 amide bonds. The van der Waals surface area contributed by atoms with Gasteiger partial charge >= 0.3 is 0 Å². The molecular weight excluding hydrogens is 319 g/mol. The molecule has 1 aromatic heterocycles. The number of hydrogen-bond acceptors (Lipinski definition) is 2. The quantitative estimate of drug-likeness (QED) is 0.738. The summed E-state index contributed by atoms with van der Waals surface area (Å²) in [5.74, 6) is 0. The number of aromatic amines is 1. The van der Waals surface area contributed by atoms with Crippen molar-refractivity contribution in [3.8, 4) is 22.4 Å². The summed E-state index contributed by atoms with van der Waals surface area (Å²) in [5.41, 5.74) is 4.33. The molecule has 0 radical (unpaired) electrons. The van der Waals surface area contributed by atoms with Gasteiger partial charge in [-0.25, -0.2) is 5.10 Å². The normalized spacial score (nSPS) is 10.7. The van der Waals surface area contributed by atoms with Crippen molar-refractivity contribution in [1.82, 2.24) is 10.2 Å². The number of aryl methyl sites for hydroxylation is 1. The van der Waals surface area contributed by atoms with Gasteiger partial charge in [-0.1, -0.05) is 47.0 Å². The predicted octanol–water partition coefficient (Wildman–Crippen LogP) is 4.72. The maximum atomic E-state index is 11.2. The van der Waals surface area contributed by atoms with Crippen LogP contribution >= 0.6 is 23.2 Å². The highest BCUT2D eigenvalue weighted by Crippen LogP contribution is 2.34. The molecule has 5 heteroatoms. The van der Waals surface area contributed by atoms with E-state index in [1.54, 1.807) is 12.1 Å². The predicted molar refractivity (Wildman–Crippen MR) is 90.5 cm³/mol. The Balaban J connectivity index is 2.24. The Morgan fingerprint density at radius 3 is 2.27 bits per heavy atom. The summed E-state index contributed by atoms with van der Waals surface area (Å²) in [4.78, 5) is 11.2. The second-order valence-electron chi connectivity index (χ2n) is 5.01. The van der Waals surface area contributed by atoms with Crippen molar-refractivity contribution in [2.75, 3.05) is 0 Å². The van der Waals surface area contributed by atoms with Gasteiger partial charge in [-0.15, -0.1) is 0 Å². The fraction of sp³-hybridized carbons (Fsp3) is 0.0588. The van der Waals surface area contributed by atoms with Gasteiger partial charge in [0.05, 0.1) is 5.69 Å². The summed E-state index contributed by atoms with van der Waals surface area (Å²) in [7, 11) is 0. The van der Waals surface area contributed by atoms with Crippen LogP contribution in [0.25, 0.3) is 22.4 Å². The molecule has 3 nitrogen and oxygen atoms in total. The van der Waals surface area contributed by atoms with Crippen molar-refractivity contribution in [1.29, 1.82) is 0 Å². The summed E-state index contributed by atoms with van der Waals surface area (Å²) in [6, 6.07) is 14.6. The van der Waals surface area contributed by atoms with Crippen molar-refractivity contribution in [2.45, 2.75) is 6.92 Å². The Labute approximate surface area is 137 Å². The first-order chi connectivity index (χ1) is 10.5. The van der Waals surface area contributed by atoms with Crippen LogP contribution in [0, 0.1) is 6.92 Å². The van der Waals surface area contributed by atoms with Crippen molar-refractivity contribution < 1.29 is 0 Å². The molecule has 0 saturated heterocycles. The van der Waals surface area contributed by atoms with Crippen LogP contribution in [-0.2, 0) is 0 Å². The van der Waals surface area contributed by atoms with Gasteiger partial charge in [0.15, 0.2) is 0 Å². The minimum atomic E-state index is -0.233. The third-order valence-corrected chi connectivity index (χ3v) is 3.74. The van der Waals surface area contributed by atoms with Gasteiger partial charge in [-0.3, -0.25) is 4.79 Å². The van der Waals surface area contributed by atoms with E-state index in [9.17, 15) is 4.79 Å². The second kappa shape index (κ2) is 5.95. The summed E-state index contributed by atoms with van der Waals surface area (Å²) >= 11 is 12.2. The molecule has 110 valence electrons. The third kappa shape index (κ3) is 3.06. The second-order valence-corrected chi connectivity index (χ2v) is 5.89. The molecule has 0 fully saturated rings. The average molecular weight is 331 g/mol. The molecule has 0 saturated carbocycles. The highest BCUT2D eigenvalue weighted by atomic mass is 35.5. The van der Waals surface area contributed by atoms with Crippen LogP contribution in [0.5, 0.6) is 0 Å². The zero-order chi connectivity index (χ0) is 15.7. The Morgan fingerprint density at radius 2 is 1.64 bits per heavy atom. The van der Waals surface area contributed by atoms with Crippen LogP contribution in [0.4, 0.5) is 0 Å². The van der Waals surface area contributed by atoms with Gasteiger partial charge < -0.3 is 0 Å². The third-order valence-electron chi connectivity index (χ3n) is 3.30. The SMILES string of the molecule is Cc1ccc(-c2ccc(=O)[nH]n2)c(-c2cc(Cl)cc(Cl)c2)c1. The molecule has 0 aliphatic carbocycles. The molecule has 0 bridgehead atoms. The largest absolute Gasteiger partial charge is 0.268 e. The number of nitrogens with zero attached hydrogens (tertiary/aromatic N) is 1. The minimum Gasteiger partial charge on any atom is -0.268 e. The van der Waals surface area contributed by atoms with Gasteiger partial charge in [0.25, 0.3) is 5.56 Å². The molecule has 3 aromatic rings. The van der Waals surface area contributed by atoms with E-state index in [4.69, 9.17) is 23.2 Å². The Bertz CT molecular complexity index is 863. The summed E-state index contributed by atoms with van der Waals surface area (Å²) in [5, 5.41) is 7.71. The fourth-order valence-corrected chi connectivity index (χ4v) is 2.85. The van der Waals surface area contributed by atoms with Crippen molar-refractivity contribution in [2.24, 2.45) is 0 Å². The van der Waals surface area contributed by atoms with Crippen LogP contribution in [0.15, 0.2) is 53.3 Å². The molecule has 1 heterocycles. The number of halogens is 2. The molecule has 1 N–H and O–H groups in total. The molecule has 0 atom stereocenters. The lowest BCUT2D eigenvalue weighted by molar-refractivity contribution is 0.995. The Kier molecular flexibility index (Phi) is 4.01. The monoisotopic (exact) mass is 330 g/mol. The number of H-pyrrole nitrogens is 1. The molecule has 22 heavy (non-hydrogen) atoms. The lowest BCUT2D eigenvalue weighted by Crippen LogP contribution is -2.05. The summed E-state index contributed by atoms with van der Waals surface area (Å²) < 4.78 is 0. The maximum Gasteiger partial charge on any atom is 0.264 e. The lowest BCUT2D eigenvalue weighted by atomic mass is 9.95. The molecule has 0 unspecified atom stereocenters. The molecule has 0 aliphatic heterocycles. The van der Waals surface area contributed by atoms with Crippen molar-refractivity contribution in [3.05, 3.63) is 74.5 Å². The number of benzene rings is 2. The zero-order valence-electron chi connectivity index (χ0n) is 11.7. The minimum absolute atomic E-state index is 0.233. The summed E-state index contributed by atoms with van der Waals surface area (Å²) in [6.45, 7) is 2.01. The van der Waals surface area contributed by atoms with Gasteiger partial charge in [-0.2, -0.15) is 5.10 Å². The van der Waals surface area contributed by atoms with Crippen LogP contribution in [0.3, 0.4) is 0 Å². The molecule has 3 rings (SSSR count). The van der Waals surface area contributed by atoms with Gasteiger partial charge in [0.2, 0.25) is 0 Å². The first kappa shape index (κ1) is 14.8. The van der Waals surface area contributed by atoms with E-state index in [0.717, 1.165) is 22.3 Å². The Hall–Kier alpha value is -2.10. The van der Waals surface area contributed by atoms with E-state index in [2.05, 4.69) is 10.2 Å². The topological polar surface area (TPSA) is 45.8 Å². The van der Waals surface area contributed by atoms with Crippen LogP contribution in [0.1, 0.15) is 5.56 Å². The number of nitrogens with one attached hydrogen (secondary N) is 1.